The number of carbonyl (C=O) groups excluding carboxylic acids is 4. The Balaban J connectivity index is 2.24. The second-order valence-electron chi connectivity index (χ2n) is 6.81. The predicted molar refractivity (Wildman–Crippen MR) is 99.2 cm³/mol. The van der Waals surface area contributed by atoms with Gasteiger partial charge in [-0.15, -0.1) is 0 Å². The number of amides is 2. The lowest BCUT2D eigenvalue weighted by Crippen LogP contribution is -2.60. The molecule has 1 radical (unpaired) electrons. The highest BCUT2D eigenvalue weighted by molar-refractivity contribution is 6.09. The van der Waals surface area contributed by atoms with Crippen molar-refractivity contribution in [2.24, 2.45) is 5.92 Å². The fraction of sp³-hybridized carbons (Fsp3) is 0.500. The Kier molecular flexibility index (Phi) is 6.71. The van der Waals surface area contributed by atoms with Crippen molar-refractivity contribution in [1.82, 2.24) is 10.2 Å². The number of para-hydroxylation sites is 1. The number of nitrogens with zero attached hydrogens (tertiary/aromatic N) is 1. The molecule has 0 saturated carbocycles. The van der Waals surface area contributed by atoms with E-state index >= 15 is 0 Å². The lowest BCUT2D eigenvalue weighted by atomic mass is 9.80. The van der Waals surface area contributed by atoms with Gasteiger partial charge in [-0.3, -0.25) is 19.2 Å². The zero-order valence-electron chi connectivity index (χ0n) is 15.9. The first-order valence-corrected chi connectivity index (χ1v) is 8.99. The van der Waals surface area contributed by atoms with Gasteiger partial charge in [-0.2, -0.15) is 0 Å². The summed E-state index contributed by atoms with van der Waals surface area (Å²) >= 11 is 0. The zero-order chi connectivity index (χ0) is 20.0. The molecule has 145 valence electrons. The van der Waals surface area contributed by atoms with E-state index in [1.54, 1.807) is 36.3 Å². The predicted octanol–water partition coefficient (Wildman–Crippen LogP) is 1.51. The largest absolute Gasteiger partial charge is 0.496 e. The highest BCUT2D eigenvalue weighted by Gasteiger charge is 2.45. The Morgan fingerprint density at radius 2 is 1.89 bits per heavy atom. The first-order valence-electron chi connectivity index (χ1n) is 8.99. The molecule has 0 aliphatic carbocycles. The Morgan fingerprint density at radius 3 is 2.44 bits per heavy atom. The lowest BCUT2D eigenvalue weighted by molar-refractivity contribution is -0.132. The first-order chi connectivity index (χ1) is 12.9. The third kappa shape index (κ3) is 4.35. The molecule has 1 unspecified atom stereocenters. The molecule has 27 heavy (non-hydrogen) atoms. The van der Waals surface area contributed by atoms with Crippen LogP contribution in [0.3, 0.4) is 0 Å². The Morgan fingerprint density at radius 1 is 1.26 bits per heavy atom. The maximum Gasteiger partial charge on any atom is 0.256 e. The number of hydrogen-bond donors (Lipinski definition) is 1. The molecule has 2 amide bonds. The van der Waals surface area contributed by atoms with Crippen LogP contribution in [0.2, 0.25) is 0 Å². The summed E-state index contributed by atoms with van der Waals surface area (Å²) in [6.07, 6.45) is 3.57. The minimum absolute atomic E-state index is 0.0268. The zero-order valence-corrected chi connectivity index (χ0v) is 15.9. The number of methoxy groups -OCH3 is 1. The van der Waals surface area contributed by atoms with Crippen LogP contribution in [0.1, 0.15) is 43.5 Å². The average Bonchev–Trinajstić information content (AvgIpc) is 3.20. The van der Waals surface area contributed by atoms with E-state index in [9.17, 15) is 19.2 Å². The quantitative estimate of drug-likeness (QED) is 0.697. The molecule has 7 nitrogen and oxygen atoms in total. The van der Waals surface area contributed by atoms with Crippen molar-refractivity contribution in [2.75, 3.05) is 20.2 Å². The van der Waals surface area contributed by atoms with Crippen LogP contribution < -0.4 is 10.1 Å². The van der Waals surface area contributed by atoms with Gasteiger partial charge in [0.15, 0.2) is 11.3 Å². The minimum atomic E-state index is -1.90. The van der Waals surface area contributed by atoms with Gasteiger partial charge in [-0.1, -0.05) is 19.1 Å². The molecular weight excluding hydrogens is 348 g/mol. The van der Waals surface area contributed by atoms with Crippen molar-refractivity contribution in [3.8, 4) is 5.75 Å². The molecule has 1 aliphatic heterocycles. The summed E-state index contributed by atoms with van der Waals surface area (Å²) in [5.41, 5.74) is -1.70. The lowest BCUT2D eigenvalue weighted by Gasteiger charge is -2.32. The molecule has 1 aromatic carbocycles. The van der Waals surface area contributed by atoms with E-state index in [0.717, 1.165) is 12.8 Å². The van der Waals surface area contributed by atoms with Crippen molar-refractivity contribution >= 4 is 23.9 Å². The Bertz CT molecular complexity index is 727. The van der Waals surface area contributed by atoms with Gasteiger partial charge in [0, 0.05) is 25.4 Å². The van der Waals surface area contributed by atoms with E-state index in [2.05, 4.69) is 5.32 Å². The average molecular weight is 373 g/mol. The van der Waals surface area contributed by atoms with Crippen molar-refractivity contribution in [3.63, 3.8) is 0 Å². The van der Waals surface area contributed by atoms with E-state index in [1.165, 1.54) is 20.1 Å². The molecule has 1 saturated heterocycles. The molecule has 0 aromatic heterocycles. The number of nitrogens with one attached hydrogen (secondary N) is 1. The molecular formula is C20H25N2O5. The Labute approximate surface area is 159 Å². The summed E-state index contributed by atoms with van der Waals surface area (Å²) in [5, 5.41) is 2.50. The number of Topliss-reactive ketones (excluding diaryl/α,β-unsaturated/α-hetero) is 1. The summed E-state index contributed by atoms with van der Waals surface area (Å²) < 4.78 is 5.16. The number of benzene rings is 1. The standard InChI is InChI=1S/C20H25N2O5/c1-14(12-18(25)22-10-6-7-11-22)20(13-23,15(2)24)21-19(26)16-8-4-5-9-17(16)27-3/h4-5,8-9,14H,6-7,10-12H2,1-3H3,(H,21,26)/t14?,20-/m1/s1. The van der Waals surface area contributed by atoms with Crippen molar-refractivity contribution in [2.45, 2.75) is 38.6 Å². The van der Waals surface area contributed by atoms with Gasteiger partial charge < -0.3 is 15.0 Å². The molecule has 1 fully saturated rings. The van der Waals surface area contributed by atoms with Crippen LogP contribution >= 0.6 is 0 Å². The maximum atomic E-state index is 12.7. The minimum Gasteiger partial charge on any atom is -0.496 e. The summed E-state index contributed by atoms with van der Waals surface area (Å²) in [7, 11) is 1.42. The van der Waals surface area contributed by atoms with Crippen molar-refractivity contribution in [1.29, 1.82) is 0 Å². The van der Waals surface area contributed by atoms with E-state index in [1.807, 2.05) is 0 Å². The monoisotopic (exact) mass is 373 g/mol. The van der Waals surface area contributed by atoms with Gasteiger partial charge >= 0.3 is 0 Å². The number of ketones is 1. The number of carbonyl (C=O) groups is 3. The molecule has 1 aromatic rings. The molecule has 0 bridgehead atoms. The van der Waals surface area contributed by atoms with Crippen LogP contribution in [-0.2, 0) is 14.4 Å². The molecule has 0 spiro atoms. The summed E-state index contributed by atoms with van der Waals surface area (Å²) in [6.45, 7) is 4.17. The van der Waals surface area contributed by atoms with Crippen LogP contribution in [0.25, 0.3) is 0 Å². The highest BCUT2D eigenvalue weighted by Crippen LogP contribution is 2.25. The van der Waals surface area contributed by atoms with Gasteiger partial charge in [0.25, 0.3) is 5.91 Å². The smallest absolute Gasteiger partial charge is 0.256 e. The fourth-order valence-electron chi connectivity index (χ4n) is 3.35. The van der Waals surface area contributed by atoms with Crippen LogP contribution in [-0.4, -0.2) is 54.5 Å². The highest BCUT2D eigenvalue weighted by atomic mass is 16.5. The SMILES string of the molecule is COc1ccccc1C(=O)N[C@@]([C]=O)(C(C)=O)C(C)CC(=O)N1CCCC1. The van der Waals surface area contributed by atoms with Crippen LogP contribution in [0.4, 0.5) is 0 Å². The van der Waals surface area contributed by atoms with Gasteiger partial charge in [-0.25, -0.2) is 0 Å². The second-order valence-corrected chi connectivity index (χ2v) is 6.81. The van der Waals surface area contributed by atoms with E-state index in [-0.39, 0.29) is 17.9 Å². The molecule has 1 heterocycles. The van der Waals surface area contributed by atoms with E-state index in [4.69, 9.17) is 4.74 Å². The third-order valence-corrected chi connectivity index (χ3v) is 5.06. The van der Waals surface area contributed by atoms with Gasteiger partial charge in [-0.05, 0) is 31.9 Å². The summed E-state index contributed by atoms with van der Waals surface area (Å²) in [6, 6.07) is 6.49. The summed E-state index contributed by atoms with van der Waals surface area (Å²) in [4.78, 5) is 51.0. The second kappa shape index (κ2) is 8.79. The van der Waals surface area contributed by atoms with Gasteiger partial charge in [0.2, 0.25) is 12.2 Å². The number of ether oxygens (including phenoxy) is 1. The van der Waals surface area contributed by atoms with Crippen LogP contribution in [0.15, 0.2) is 24.3 Å². The number of rotatable bonds is 8. The number of hydrogen-bond acceptors (Lipinski definition) is 5. The van der Waals surface area contributed by atoms with Crippen LogP contribution in [0, 0.1) is 5.92 Å². The van der Waals surface area contributed by atoms with E-state index < -0.39 is 23.1 Å². The van der Waals surface area contributed by atoms with Gasteiger partial charge in [0.1, 0.15) is 5.75 Å². The normalized spacial score (nSPS) is 16.9. The van der Waals surface area contributed by atoms with Crippen molar-refractivity contribution in [3.05, 3.63) is 29.8 Å². The Hall–Kier alpha value is -2.70. The van der Waals surface area contributed by atoms with E-state index in [0.29, 0.717) is 18.8 Å². The molecule has 2 atom stereocenters. The van der Waals surface area contributed by atoms with Crippen LogP contribution in [0.5, 0.6) is 5.75 Å². The summed E-state index contributed by atoms with van der Waals surface area (Å²) in [5.74, 6) is -1.75. The first kappa shape index (κ1) is 20.6. The third-order valence-electron chi connectivity index (χ3n) is 5.06. The fourth-order valence-corrected chi connectivity index (χ4v) is 3.35. The molecule has 1 aliphatic rings. The number of likely N-dealkylation sites (tertiary alicyclic amines) is 1. The topological polar surface area (TPSA) is 92.8 Å². The molecule has 7 heteroatoms. The van der Waals surface area contributed by atoms with Gasteiger partial charge in [0.05, 0.1) is 12.7 Å². The van der Waals surface area contributed by atoms with Crippen molar-refractivity contribution < 1.29 is 23.9 Å². The maximum absolute atomic E-state index is 12.7. The molecule has 2 rings (SSSR count). The molecule has 1 N–H and O–H groups in total.